The second-order valence-corrected chi connectivity index (χ2v) is 5.59. The zero-order chi connectivity index (χ0) is 11.6. The van der Waals surface area contributed by atoms with Gasteiger partial charge in [-0.15, -0.1) is 12.4 Å². The summed E-state index contributed by atoms with van der Waals surface area (Å²) in [5, 5.41) is 15.4. The number of carbonyl (C=O) groups excluding carboxylic acids is 1. The molecule has 2 rings (SSSR count). The van der Waals surface area contributed by atoms with Crippen molar-refractivity contribution in [2.24, 2.45) is 5.41 Å². The molecule has 1 saturated heterocycles. The fourth-order valence-corrected chi connectivity index (χ4v) is 2.75. The summed E-state index contributed by atoms with van der Waals surface area (Å²) in [6.07, 6.45) is 5.18. The number of amides is 1. The molecule has 0 aromatic carbocycles. The van der Waals surface area contributed by atoms with Crippen molar-refractivity contribution in [2.45, 2.75) is 51.2 Å². The van der Waals surface area contributed by atoms with E-state index in [4.69, 9.17) is 0 Å². The molecule has 0 spiro atoms. The summed E-state index contributed by atoms with van der Waals surface area (Å²) in [7, 11) is 0. The first-order valence-corrected chi connectivity index (χ1v) is 6.28. The summed E-state index contributed by atoms with van der Waals surface area (Å²) >= 11 is 0. The van der Waals surface area contributed by atoms with Gasteiger partial charge in [-0.05, 0) is 24.7 Å². The molecular weight excluding hydrogens is 240 g/mol. The van der Waals surface area contributed by atoms with Gasteiger partial charge in [0, 0.05) is 13.1 Å². The third kappa shape index (κ3) is 3.83. The number of nitrogens with one attached hydrogen (secondary N) is 2. The third-order valence-electron chi connectivity index (χ3n) is 3.92. The number of hydrogen-bond acceptors (Lipinski definition) is 3. The van der Waals surface area contributed by atoms with Gasteiger partial charge >= 0.3 is 0 Å². The van der Waals surface area contributed by atoms with Crippen molar-refractivity contribution >= 4 is 18.3 Å². The van der Waals surface area contributed by atoms with E-state index in [-0.39, 0.29) is 30.5 Å². The van der Waals surface area contributed by atoms with Crippen LogP contribution in [0.5, 0.6) is 0 Å². The molecule has 2 aliphatic rings. The minimum absolute atomic E-state index is 0. The molecule has 2 atom stereocenters. The first kappa shape index (κ1) is 14.7. The van der Waals surface area contributed by atoms with Crippen LogP contribution in [0, 0.1) is 5.41 Å². The lowest BCUT2D eigenvalue weighted by atomic mass is 9.89. The van der Waals surface area contributed by atoms with E-state index in [1.165, 1.54) is 25.7 Å². The quantitative estimate of drug-likeness (QED) is 0.706. The monoisotopic (exact) mass is 262 g/mol. The number of carbonyl (C=O) groups is 1. The molecule has 2 fully saturated rings. The molecule has 1 heterocycles. The summed E-state index contributed by atoms with van der Waals surface area (Å²) < 4.78 is 0. The average molecular weight is 263 g/mol. The highest BCUT2D eigenvalue weighted by Gasteiger charge is 2.32. The normalized spacial score (nSPS) is 30.9. The molecular formula is C12H23ClN2O2. The van der Waals surface area contributed by atoms with Crippen molar-refractivity contribution in [2.75, 3.05) is 13.1 Å². The van der Waals surface area contributed by atoms with E-state index in [1.54, 1.807) is 0 Å². The summed E-state index contributed by atoms with van der Waals surface area (Å²) in [6.45, 7) is 3.56. The number of β-amino-alcohol motifs (C(OH)–C–C–N with tert-alkyl or cyclic N) is 1. The maximum atomic E-state index is 11.8. The number of halogens is 1. The Labute approximate surface area is 109 Å². The predicted molar refractivity (Wildman–Crippen MR) is 69.2 cm³/mol. The van der Waals surface area contributed by atoms with Crippen LogP contribution in [0.2, 0.25) is 0 Å². The van der Waals surface area contributed by atoms with E-state index < -0.39 is 0 Å². The molecule has 3 N–H and O–H groups in total. The van der Waals surface area contributed by atoms with Gasteiger partial charge in [0.2, 0.25) is 5.91 Å². The fourth-order valence-electron chi connectivity index (χ4n) is 2.75. The highest BCUT2D eigenvalue weighted by Crippen LogP contribution is 2.36. The van der Waals surface area contributed by atoms with Gasteiger partial charge in [-0.1, -0.05) is 19.8 Å². The summed E-state index contributed by atoms with van der Waals surface area (Å²) in [6, 6.07) is -0.194. The summed E-state index contributed by atoms with van der Waals surface area (Å²) in [5.74, 6) is 0.0460. The molecule has 0 radical (unpaired) electrons. The lowest BCUT2D eigenvalue weighted by molar-refractivity contribution is -0.123. The maximum Gasteiger partial charge on any atom is 0.237 e. The lowest BCUT2D eigenvalue weighted by Crippen LogP contribution is -2.44. The van der Waals surface area contributed by atoms with Crippen LogP contribution in [0.4, 0.5) is 0 Å². The molecule has 0 aromatic rings. The highest BCUT2D eigenvalue weighted by atomic mass is 35.5. The molecule has 1 amide bonds. The number of aliphatic hydroxyl groups excluding tert-OH is 1. The van der Waals surface area contributed by atoms with Crippen LogP contribution >= 0.6 is 12.4 Å². The van der Waals surface area contributed by atoms with Crippen molar-refractivity contribution < 1.29 is 9.90 Å². The van der Waals surface area contributed by atoms with E-state index in [2.05, 4.69) is 17.6 Å². The Morgan fingerprint density at radius 3 is 2.65 bits per heavy atom. The van der Waals surface area contributed by atoms with Crippen molar-refractivity contribution in [3.63, 3.8) is 0 Å². The molecule has 100 valence electrons. The molecule has 1 aliphatic heterocycles. The minimum atomic E-state index is -0.363. The highest BCUT2D eigenvalue weighted by molar-refractivity contribution is 5.85. The first-order chi connectivity index (χ1) is 7.59. The molecule has 5 heteroatoms. The van der Waals surface area contributed by atoms with Crippen molar-refractivity contribution in [1.82, 2.24) is 10.6 Å². The summed E-state index contributed by atoms with van der Waals surface area (Å²) in [4.78, 5) is 11.8. The Balaban J connectivity index is 0.00000144. The van der Waals surface area contributed by atoms with Gasteiger partial charge in [-0.25, -0.2) is 0 Å². The average Bonchev–Trinajstić information content (AvgIpc) is 2.85. The van der Waals surface area contributed by atoms with Crippen molar-refractivity contribution in [1.29, 1.82) is 0 Å². The zero-order valence-electron chi connectivity index (χ0n) is 10.4. The van der Waals surface area contributed by atoms with Gasteiger partial charge in [0.15, 0.2) is 0 Å². The van der Waals surface area contributed by atoms with Gasteiger partial charge < -0.3 is 15.7 Å². The van der Waals surface area contributed by atoms with Gasteiger partial charge in [0.05, 0.1) is 12.1 Å². The number of hydrogen-bond donors (Lipinski definition) is 3. The van der Waals surface area contributed by atoms with Crippen molar-refractivity contribution in [3.05, 3.63) is 0 Å². The Kier molecular flexibility index (Phi) is 5.22. The maximum absolute atomic E-state index is 11.8. The Hall–Kier alpha value is -0.320. The van der Waals surface area contributed by atoms with Crippen LogP contribution in [0.1, 0.15) is 39.0 Å². The lowest BCUT2D eigenvalue weighted by Gasteiger charge is -2.24. The Bertz CT molecular complexity index is 267. The van der Waals surface area contributed by atoms with Gasteiger partial charge in [0.1, 0.15) is 0 Å². The van der Waals surface area contributed by atoms with E-state index in [9.17, 15) is 9.90 Å². The second kappa shape index (κ2) is 6.03. The first-order valence-electron chi connectivity index (χ1n) is 6.28. The molecule has 17 heavy (non-hydrogen) atoms. The molecule has 4 nitrogen and oxygen atoms in total. The largest absolute Gasteiger partial charge is 0.392 e. The van der Waals surface area contributed by atoms with Crippen LogP contribution < -0.4 is 10.6 Å². The number of rotatable bonds is 3. The topological polar surface area (TPSA) is 61.4 Å². The fraction of sp³-hybridized carbons (Fsp3) is 0.917. The van der Waals surface area contributed by atoms with Crippen LogP contribution in [-0.4, -0.2) is 36.2 Å². The predicted octanol–water partition coefficient (Wildman–Crippen LogP) is 0.827. The molecule has 1 saturated carbocycles. The molecule has 0 bridgehead atoms. The van der Waals surface area contributed by atoms with Crippen LogP contribution in [-0.2, 0) is 4.79 Å². The van der Waals surface area contributed by atoms with Crippen molar-refractivity contribution in [3.8, 4) is 0 Å². The van der Waals surface area contributed by atoms with Gasteiger partial charge in [-0.3, -0.25) is 4.79 Å². The molecule has 0 aromatic heterocycles. The van der Waals surface area contributed by atoms with E-state index in [1.807, 2.05) is 0 Å². The second-order valence-electron chi connectivity index (χ2n) is 5.59. The number of aliphatic hydroxyl groups is 1. The minimum Gasteiger partial charge on any atom is -0.392 e. The Morgan fingerprint density at radius 2 is 2.12 bits per heavy atom. The zero-order valence-corrected chi connectivity index (χ0v) is 11.2. The third-order valence-corrected chi connectivity index (χ3v) is 3.92. The van der Waals surface area contributed by atoms with Crippen LogP contribution in [0.3, 0.4) is 0 Å². The van der Waals surface area contributed by atoms with E-state index in [0.717, 1.165) is 6.54 Å². The Morgan fingerprint density at radius 1 is 1.47 bits per heavy atom. The van der Waals surface area contributed by atoms with Crippen LogP contribution in [0.15, 0.2) is 0 Å². The SMILES string of the molecule is CC1(CNC(=O)C2CC(O)CN2)CCCC1.Cl. The standard InChI is InChI=1S/C12H22N2O2.ClH/c1-12(4-2-3-5-12)8-14-11(16)10-6-9(15)7-13-10;/h9-10,13,15H,2-8H2,1H3,(H,14,16);1H. The van der Waals surface area contributed by atoms with Gasteiger partial charge in [0.25, 0.3) is 0 Å². The van der Waals surface area contributed by atoms with Crippen LogP contribution in [0.25, 0.3) is 0 Å². The molecule has 2 unspecified atom stereocenters. The van der Waals surface area contributed by atoms with E-state index in [0.29, 0.717) is 18.4 Å². The smallest absolute Gasteiger partial charge is 0.237 e. The molecule has 1 aliphatic carbocycles. The summed E-state index contributed by atoms with van der Waals surface area (Å²) in [5.41, 5.74) is 0.298. The van der Waals surface area contributed by atoms with Gasteiger partial charge in [-0.2, -0.15) is 0 Å². The van der Waals surface area contributed by atoms with E-state index >= 15 is 0 Å².